The van der Waals surface area contributed by atoms with Gasteiger partial charge >= 0.3 is 5.97 Å². The Hall–Kier alpha value is -1.82. The van der Waals surface area contributed by atoms with Gasteiger partial charge in [-0.15, -0.1) is 0 Å². The van der Waals surface area contributed by atoms with Crippen LogP contribution < -0.4 is 10.2 Å². The lowest BCUT2D eigenvalue weighted by Crippen LogP contribution is -2.38. The summed E-state index contributed by atoms with van der Waals surface area (Å²) >= 11 is 0. The Morgan fingerprint density at radius 3 is 2.67 bits per heavy atom. The smallest absolute Gasteiger partial charge is 0.311 e. The van der Waals surface area contributed by atoms with Crippen molar-refractivity contribution in [2.75, 3.05) is 50.2 Å². The molecule has 1 aromatic heterocycles. The second-order valence-corrected chi connectivity index (χ2v) is 11.5. The second kappa shape index (κ2) is 13.6. The second-order valence-electron chi connectivity index (χ2n) is 11.5. The SMILES string of the molecule is CCCCC(C)C(C)C(C)C1CCN(c2ccc(NCCCC3(C(=O)OC)CCOCC3)c(C)n2)C1. The summed E-state index contributed by atoms with van der Waals surface area (Å²) in [5, 5.41) is 3.55. The first-order valence-corrected chi connectivity index (χ1v) is 14.4. The molecule has 0 saturated carbocycles. The Morgan fingerprint density at radius 1 is 1.25 bits per heavy atom. The molecule has 0 bridgehead atoms. The van der Waals surface area contributed by atoms with E-state index in [1.807, 2.05) is 0 Å². The van der Waals surface area contributed by atoms with Gasteiger partial charge in [0, 0.05) is 32.8 Å². The van der Waals surface area contributed by atoms with E-state index in [-0.39, 0.29) is 11.4 Å². The number of nitrogens with one attached hydrogen (secondary N) is 1. The molecule has 4 atom stereocenters. The zero-order chi connectivity index (χ0) is 26.1. The monoisotopic (exact) mass is 501 g/mol. The molecule has 4 unspecified atom stereocenters. The molecule has 3 rings (SSSR count). The third-order valence-corrected chi connectivity index (χ3v) is 9.32. The number of carbonyl (C=O) groups is 1. The maximum atomic E-state index is 12.4. The van der Waals surface area contributed by atoms with Gasteiger partial charge in [-0.2, -0.15) is 0 Å². The van der Waals surface area contributed by atoms with Gasteiger partial charge in [0.05, 0.1) is 23.9 Å². The zero-order valence-corrected chi connectivity index (χ0v) is 23.8. The van der Waals surface area contributed by atoms with Crippen molar-refractivity contribution in [1.82, 2.24) is 4.98 Å². The van der Waals surface area contributed by atoms with E-state index in [0.29, 0.717) is 13.2 Å². The first-order valence-electron chi connectivity index (χ1n) is 14.4. The number of anilines is 2. The van der Waals surface area contributed by atoms with Crippen molar-refractivity contribution in [2.24, 2.45) is 29.1 Å². The summed E-state index contributed by atoms with van der Waals surface area (Å²) in [4.78, 5) is 19.9. The Kier molecular flexibility index (Phi) is 10.9. The summed E-state index contributed by atoms with van der Waals surface area (Å²) in [6.07, 6.45) is 8.50. The van der Waals surface area contributed by atoms with Gasteiger partial charge in [0.15, 0.2) is 0 Å². The van der Waals surface area contributed by atoms with Gasteiger partial charge in [0.25, 0.3) is 0 Å². The highest BCUT2D eigenvalue weighted by atomic mass is 16.5. The molecule has 36 heavy (non-hydrogen) atoms. The molecule has 2 aliphatic heterocycles. The molecule has 0 radical (unpaired) electrons. The number of aromatic nitrogens is 1. The van der Waals surface area contributed by atoms with Crippen molar-refractivity contribution in [3.05, 3.63) is 17.8 Å². The minimum Gasteiger partial charge on any atom is -0.469 e. The summed E-state index contributed by atoms with van der Waals surface area (Å²) in [7, 11) is 1.49. The van der Waals surface area contributed by atoms with Crippen LogP contribution in [0.3, 0.4) is 0 Å². The van der Waals surface area contributed by atoms with Gasteiger partial charge in [-0.05, 0) is 74.8 Å². The van der Waals surface area contributed by atoms with Gasteiger partial charge in [0.2, 0.25) is 0 Å². The zero-order valence-electron chi connectivity index (χ0n) is 23.8. The Bertz CT molecular complexity index is 824. The van der Waals surface area contributed by atoms with Crippen LogP contribution in [0.1, 0.15) is 84.8 Å². The van der Waals surface area contributed by atoms with E-state index in [1.54, 1.807) is 0 Å². The molecule has 1 N–H and O–H groups in total. The van der Waals surface area contributed by atoms with Crippen LogP contribution in [0.25, 0.3) is 0 Å². The lowest BCUT2D eigenvalue weighted by atomic mass is 9.76. The fourth-order valence-corrected chi connectivity index (χ4v) is 6.26. The molecule has 1 aromatic rings. The fraction of sp³-hybridized carbons (Fsp3) is 0.800. The highest BCUT2D eigenvalue weighted by molar-refractivity contribution is 5.76. The van der Waals surface area contributed by atoms with Gasteiger partial charge < -0.3 is 19.7 Å². The average Bonchev–Trinajstić information content (AvgIpc) is 3.40. The maximum absolute atomic E-state index is 12.4. The van der Waals surface area contributed by atoms with E-state index >= 15 is 0 Å². The molecule has 3 heterocycles. The number of carbonyl (C=O) groups excluding carboxylic acids is 1. The molecule has 6 heteroatoms. The summed E-state index contributed by atoms with van der Waals surface area (Å²) in [6.45, 7) is 16.1. The lowest BCUT2D eigenvalue weighted by molar-refractivity contribution is -0.159. The predicted molar refractivity (Wildman–Crippen MR) is 149 cm³/mol. The number of methoxy groups -OCH3 is 1. The van der Waals surface area contributed by atoms with Crippen molar-refractivity contribution in [1.29, 1.82) is 0 Å². The van der Waals surface area contributed by atoms with Gasteiger partial charge in [0.1, 0.15) is 5.82 Å². The molecule has 0 amide bonds. The van der Waals surface area contributed by atoms with Gasteiger partial charge in [-0.1, -0.05) is 47.0 Å². The number of aryl methyl sites for hydroxylation is 1. The summed E-state index contributed by atoms with van der Waals surface area (Å²) < 4.78 is 10.6. The van der Waals surface area contributed by atoms with Crippen molar-refractivity contribution < 1.29 is 14.3 Å². The number of hydrogen-bond donors (Lipinski definition) is 1. The highest BCUT2D eigenvalue weighted by Crippen LogP contribution is 2.37. The van der Waals surface area contributed by atoms with E-state index in [1.165, 1.54) is 32.8 Å². The molecule has 6 nitrogen and oxygen atoms in total. The van der Waals surface area contributed by atoms with Crippen molar-refractivity contribution in [2.45, 2.75) is 86.0 Å². The van der Waals surface area contributed by atoms with Crippen LogP contribution in [-0.4, -0.2) is 50.9 Å². The molecular formula is C30H51N3O3. The molecule has 2 saturated heterocycles. The van der Waals surface area contributed by atoms with E-state index in [9.17, 15) is 4.79 Å². The number of pyridine rings is 1. The van der Waals surface area contributed by atoms with Crippen molar-refractivity contribution in [3.63, 3.8) is 0 Å². The first kappa shape index (κ1) is 28.7. The van der Waals surface area contributed by atoms with Crippen LogP contribution in [0.5, 0.6) is 0 Å². The number of ether oxygens (including phenoxy) is 2. The number of unbranched alkanes of at least 4 members (excludes halogenated alkanes) is 1. The molecule has 204 valence electrons. The van der Waals surface area contributed by atoms with Gasteiger partial charge in [-0.3, -0.25) is 4.79 Å². The number of hydrogen-bond acceptors (Lipinski definition) is 6. The minimum atomic E-state index is -0.388. The summed E-state index contributed by atoms with van der Waals surface area (Å²) in [5.74, 6) is 4.07. The standard InChI is InChI=1S/C30H51N3O3/c1-7-8-10-22(2)23(3)24(4)26-13-18-33(21-26)28-12-11-27(25(5)32-28)31-17-9-14-30(29(34)35-6)15-19-36-20-16-30/h11-12,22-24,26,31H,7-10,13-21H2,1-6H3. The molecule has 2 aliphatic rings. The fourth-order valence-electron chi connectivity index (χ4n) is 6.26. The van der Waals surface area contributed by atoms with Crippen LogP contribution in [0, 0.1) is 36.0 Å². The molecular weight excluding hydrogens is 450 g/mol. The van der Waals surface area contributed by atoms with E-state index in [2.05, 4.69) is 57.0 Å². The van der Waals surface area contributed by atoms with Crippen LogP contribution in [-0.2, 0) is 14.3 Å². The predicted octanol–water partition coefficient (Wildman–Crippen LogP) is 6.48. The van der Waals surface area contributed by atoms with Crippen molar-refractivity contribution >= 4 is 17.5 Å². The normalized spacial score (nSPS) is 22.2. The topological polar surface area (TPSA) is 63.7 Å². The molecule has 2 fully saturated rings. The molecule has 0 aliphatic carbocycles. The van der Waals surface area contributed by atoms with E-state index in [4.69, 9.17) is 14.5 Å². The van der Waals surface area contributed by atoms with Crippen LogP contribution in [0.2, 0.25) is 0 Å². The average molecular weight is 502 g/mol. The quantitative estimate of drug-likeness (QED) is 0.247. The largest absolute Gasteiger partial charge is 0.469 e. The first-order chi connectivity index (χ1) is 17.3. The molecule has 0 spiro atoms. The number of nitrogens with zero attached hydrogens (tertiary/aromatic N) is 2. The van der Waals surface area contributed by atoms with Crippen LogP contribution in [0.15, 0.2) is 12.1 Å². The number of rotatable bonds is 13. The summed E-state index contributed by atoms with van der Waals surface area (Å²) in [5.41, 5.74) is 1.74. The highest BCUT2D eigenvalue weighted by Gasteiger charge is 2.40. The minimum absolute atomic E-state index is 0.0870. The molecule has 0 aromatic carbocycles. The van der Waals surface area contributed by atoms with Crippen molar-refractivity contribution in [3.8, 4) is 0 Å². The Labute approximate surface area is 219 Å². The third-order valence-electron chi connectivity index (χ3n) is 9.32. The van der Waals surface area contributed by atoms with Gasteiger partial charge in [-0.25, -0.2) is 4.98 Å². The Morgan fingerprint density at radius 2 is 2.00 bits per heavy atom. The number of esters is 1. The Balaban J connectivity index is 1.49. The lowest BCUT2D eigenvalue weighted by Gasteiger charge is -2.34. The third kappa shape index (κ3) is 7.14. The summed E-state index contributed by atoms with van der Waals surface area (Å²) in [6, 6.07) is 4.35. The van der Waals surface area contributed by atoms with Crippen LogP contribution in [0.4, 0.5) is 11.5 Å². The maximum Gasteiger partial charge on any atom is 0.311 e. The van der Waals surface area contributed by atoms with E-state index in [0.717, 1.165) is 86.2 Å². The van der Waals surface area contributed by atoms with E-state index < -0.39 is 0 Å². The van der Waals surface area contributed by atoms with Crippen LogP contribution >= 0.6 is 0 Å².